The first-order valence-electron chi connectivity index (χ1n) is 6.45. The summed E-state index contributed by atoms with van der Waals surface area (Å²) in [6.07, 6.45) is 1.75. The van der Waals surface area contributed by atoms with Crippen LogP contribution < -0.4 is 0 Å². The SMILES string of the molecule is Cc1ccsc1CN1CCO[C@H](c2nncn2C)C1. The minimum Gasteiger partial charge on any atom is -0.368 e. The molecule has 1 saturated heterocycles. The molecule has 5 nitrogen and oxygen atoms in total. The quantitative estimate of drug-likeness (QED) is 0.858. The van der Waals surface area contributed by atoms with Gasteiger partial charge in [-0.1, -0.05) is 0 Å². The summed E-state index contributed by atoms with van der Waals surface area (Å²) < 4.78 is 7.76. The molecule has 0 aliphatic carbocycles. The van der Waals surface area contributed by atoms with Crippen LogP contribution in [0, 0.1) is 6.92 Å². The fourth-order valence-electron chi connectivity index (χ4n) is 2.36. The first kappa shape index (κ1) is 12.8. The minimum atomic E-state index is 0.0292. The maximum Gasteiger partial charge on any atom is 0.163 e. The average Bonchev–Trinajstić information content (AvgIpc) is 3.00. The van der Waals surface area contributed by atoms with Gasteiger partial charge in [0, 0.05) is 31.6 Å². The molecule has 0 aromatic carbocycles. The lowest BCUT2D eigenvalue weighted by Crippen LogP contribution is -2.38. The zero-order valence-electron chi connectivity index (χ0n) is 11.2. The van der Waals surface area contributed by atoms with Gasteiger partial charge in [-0.25, -0.2) is 0 Å². The van der Waals surface area contributed by atoms with Gasteiger partial charge in [-0.3, -0.25) is 4.90 Å². The van der Waals surface area contributed by atoms with Gasteiger partial charge in [0.15, 0.2) is 5.82 Å². The number of hydrogen-bond acceptors (Lipinski definition) is 5. The third-order valence-corrected chi connectivity index (χ3v) is 4.53. The predicted molar refractivity (Wildman–Crippen MR) is 74.0 cm³/mol. The van der Waals surface area contributed by atoms with Gasteiger partial charge in [0.2, 0.25) is 0 Å². The third-order valence-electron chi connectivity index (χ3n) is 3.52. The molecule has 0 amide bonds. The van der Waals surface area contributed by atoms with Crippen molar-refractivity contribution >= 4 is 11.3 Å². The maximum atomic E-state index is 5.82. The second kappa shape index (κ2) is 5.40. The van der Waals surface area contributed by atoms with Crippen LogP contribution in [0.3, 0.4) is 0 Å². The topological polar surface area (TPSA) is 43.2 Å². The molecule has 3 rings (SSSR count). The van der Waals surface area contributed by atoms with E-state index in [0.29, 0.717) is 0 Å². The van der Waals surface area contributed by atoms with Crippen LogP contribution in [0.25, 0.3) is 0 Å². The van der Waals surface area contributed by atoms with Gasteiger partial charge in [0.25, 0.3) is 0 Å². The van der Waals surface area contributed by atoms with Crippen molar-refractivity contribution in [2.45, 2.75) is 19.6 Å². The second-order valence-corrected chi connectivity index (χ2v) is 5.92. The highest BCUT2D eigenvalue weighted by atomic mass is 32.1. The molecule has 6 heteroatoms. The molecule has 2 aromatic heterocycles. The molecule has 0 saturated carbocycles. The molecular formula is C13H18N4OS. The zero-order valence-corrected chi connectivity index (χ0v) is 12.1. The Balaban J connectivity index is 1.68. The van der Waals surface area contributed by atoms with Gasteiger partial charge >= 0.3 is 0 Å². The lowest BCUT2D eigenvalue weighted by Gasteiger charge is -2.32. The number of thiophene rings is 1. The molecule has 102 valence electrons. The van der Waals surface area contributed by atoms with Crippen LogP contribution in [0.15, 0.2) is 17.8 Å². The summed E-state index contributed by atoms with van der Waals surface area (Å²) >= 11 is 1.83. The number of morpholine rings is 1. The van der Waals surface area contributed by atoms with E-state index >= 15 is 0 Å². The van der Waals surface area contributed by atoms with E-state index in [1.54, 1.807) is 6.33 Å². The lowest BCUT2D eigenvalue weighted by molar-refractivity contribution is -0.0383. The Hall–Kier alpha value is -1.24. The summed E-state index contributed by atoms with van der Waals surface area (Å²) in [6, 6.07) is 2.18. The Kier molecular flexibility index (Phi) is 3.63. The van der Waals surface area contributed by atoms with Crippen LogP contribution in [0.2, 0.25) is 0 Å². The number of nitrogens with zero attached hydrogens (tertiary/aromatic N) is 4. The summed E-state index contributed by atoms with van der Waals surface area (Å²) in [5.41, 5.74) is 1.38. The highest BCUT2D eigenvalue weighted by molar-refractivity contribution is 7.10. The predicted octanol–water partition coefficient (Wildman–Crippen LogP) is 1.76. The molecule has 2 aromatic rings. The molecule has 3 heterocycles. The van der Waals surface area contributed by atoms with Crippen molar-refractivity contribution in [3.05, 3.63) is 34.0 Å². The smallest absolute Gasteiger partial charge is 0.163 e. The van der Waals surface area contributed by atoms with Gasteiger partial charge in [0.05, 0.1) is 6.61 Å². The van der Waals surface area contributed by atoms with Crippen LogP contribution in [0.4, 0.5) is 0 Å². The van der Waals surface area contributed by atoms with Gasteiger partial charge in [0.1, 0.15) is 12.4 Å². The van der Waals surface area contributed by atoms with Gasteiger partial charge < -0.3 is 9.30 Å². The van der Waals surface area contributed by atoms with Crippen molar-refractivity contribution in [3.8, 4) is 0 Å². The minimum absolute atomic E-state index is 0.0292. The molecule has 0 spiro atoms. The normalized spacial score (nSPS) is 20.8. The van der Waals surface area contributed by atoms with E-state index in [2.05, 4.69) is 33.5 Å². The summed E-state index contributed by atoms with van der Waals surface area (Å²) in [4.78, 5) is 3.88. The molecule has 0 radical (unpaired) electrons. The van der Waals surface area contributed by atoms with Crippen molar-refractivity contribution in [2.24, 2.45) is 7.05 Å². The largest absolute Gasteiger partial charge is 0.368 e. The van der Waals surface area contributed by atoms with E-state index in [0.717, 1.165) is 32.1 Å². The third kappa shape index (κ3) is 2.70. The maximum absolute atomic E-state index is 5.82. The zero-order chi connectivity index (χ0) is 13.2. The Bertz CT molecular complexity index is 550. The van der Waals surface area contributed by atoms with Gasteiger partial charge in [-0.05, 0) is 23.9 Å². The van der Waals surface area contributed by atoms with E-state index in [-0.39, 0.29) is 6.10 Å². The molecule has 1 aliphatic heterocycles. The van der Waals surface area contributed by atoms with Crippen molar-refractivity contribution in [1.82, 2.24) is 19.7 Å². The average molecular weight is 278 g/mol. The van der Waals surface area contributed by atoms with Crippen molar-refractivity contribution in [3.63, 3.8) is 0 Å². The first-order chi connectivity index (χ1) is 9.24. The molecule has 1 atom stereocenters. The van der Waals surface area contributed by atoms with Crippen molar-refractivity contribution < 1.29 is 4.74 Å². The van der Waals surface area contributed by atoms with Crippen LogP contribution in [-0.2, 0) is 18.3 Å². The lowest BCUT2D eigenvalue weighted by atomic mass is 10.2. The van der Waals surface area contributed by atoms with E-state index in [1.807, 2.05) is 23.0 Å². The standard InChI is InChI=1S/C13H18N4OS/c1-10-3-6-19-12(10)8-17-4-5-18-11(7-17)13-15-14-9-16(13)2/h3,6,9,11H,4-5,7-8H2,1-2H3/t11-/m0/s1. The molecule has 1 aliphatic rings. The van der Waals surface area contributed by atoms with Gasteiger partial charge in [-0.15, -0.1) is 21.5 Å². The van der Waals surface area contributed by atoms with Crippen LogP contribution in [-0.4, -0.2) is 39.4 Å². The Morgan fingerprint density at radius 2 is 2.42 bits per heavy atom. The molecule has 1 fully saturated rings. The monoisotopic (exact) mass is 278 g/mol. The van der Waals surface area contributed by atoms with E-state index in [1.165, 1.54) is 10.4 Å². The molecule has 0 unspecified atom stereocenters. The van der Waals surface area contributed by atoms with E-state index in [4.69, 9.17) is 4.74 Å². The fourth-order valence-corrected chi connectivity index (χ4v) is 3.30. The number of aryl methyl sites for hydroxylation is 2. The highest BCUT2D eigenvalue weighted by Gasteiger charge is 2.25. The summed E-state index contributed by atoms with van der Waals surface area (Å²) in [7, 11) is 1.96. The molecule has 0 N–H and O–H groups in total. The Morgan fingerprint density at radius 3 is 3.11 bits per heavy atom. The molecular weight excluding hydrogens is 260 g/mol. The van der Waals surface area contributed by atoms with Crippen molar-refractivity contribution in [2.75, 3.05) is 19.7 Å². The van der Waals surface area contributed by atoms with E-state index < -0.39 is 0 Å². The Labute approximate surface area is 116 Å². The summed E-state index contributed by atoms with van der Waals surface area (Å²) in [5.74, 6) is 0.910. The highest BCUT2D eigenvalue weighted by Crippen LogP contribution is 2.23. The van der Waals surface area contributed by atoms with Crippen LogP contribution >= 0.6 is 11.3 Å². The van der Waals surface area contributed by atoms with E-state index in [9.17, 15) is 0 Å². The van der Waals surface area contributed by atoms with Crippen LogP contribution in [0.5, 0.6) is 0 Å². The number of aromatic nitrogens is 3. The molecule has 0 bridgehead atoms. The summed E-state index contributed by atoms with van der Waals surface area (Å²) in [5, 5.41) is 10.2. The summed E-state index contributed by atoms with van der Waals surface area (Å²) in [6.45, 7) is 5.78. The van der Waals surface area contributed by atoms with Crippen LogP contribution in [0.1, 0.15) is 22.4 Å². The number of ether oxygens (including phenoxy) is 1. The second-order valence-electron chi connectivity index (χ2n) is 4.92. The van der Waals surface area contributed by atoms with Gasteiger partial charge in [-0.2, -0.15) is 0 Å². The molecule has 19 heavy (non-hydrogen) atoms. The van der Waals surface area contributed by atoms with Crippen molar-refractivity contribution in [1.29, 1.82) is 0 Å². The number of hydrogen-bond donors (Lipinski definition) is 0. The first-order valence-corrected chi connectivity index (χ1v) is 7.33. The fraction of sp³-hybridized carbons (Fsp3) is 0.538. The number of rotatable bonds is 3. The Morgan fingerprint density at radius 1 is 1.53 bits per heavy atom.